The molecule has 2 rings (SSSR count). The van der Waals surface area contributed by atoms with Crippen LogP contribution in [-0.4, -0.2) is 5.91 Å². The van der Waals surface area contributed by atoms with Crippen LogP contribution in [0.4, 0.5) is 10.1 Å². The van der Waals surface area contributed by atoms with E-state index >= 15 is 0 Å². The van der Waals surface area contributed by atoms with Crippen molar-refractivity contribution in [2.75, 3.05) is 5.73 Å². The molecule has 104 valence electrons. The topological polar surface area (TPSA) is 78.3 Å². The lowest BCUT2D eigenvalue weighted by Crippen LogP contribution is -2.14. The Balaban J connectivity index is 2.42. The van der Waals surface area contributed by atoms with Gasteiger partial charge in [-0.15, -0.1) is 0 Å². The molecule has 2 aromatic carbocycles. The Bertz CT molecular complexity index is 672. The van der Waals surface area contributed by atoms with Gasteiger partial charge in [0, 0.05) is 21.8 Å². The molecule has 0 aliphatic rings. The van der Waals surface area contributed by atoms with Gasteiger partial charge in [-0.1, -0.05) is 23.2 Å². The Hall–Kier alpha value is -1.98. The van der Waals surface area contributed by atoms with Gasteiger partial charge in [0.25, 0.3) is 5.91 Å². The molecule has 0 fully saturated rings. The molecule has 0 spiro atoms. The number of amides is 1. The molecule has 0 saturated carbocycles. The summed E-state index contributed by atoms with van der Waals surface area (Å²) in [6.07, 6.45) is 0. The molecule has 0 aliphatic heterocycles. The average molecular weight is 315 g/mol. The Morgan fingerprint density at radius 1 is 1.10 bits per heavy atom. The van der Waals surface area contributed by atoms with Gasteiger partial charge in [-0.3, -0.25) is 4.79 Å². The van der Waals surface area contributed by atoms with E-state index in [1.807, 2.05) is 0 Å². The number of primary amides is 1. The lowest BCUT2D eigenvalue weighted by Gasteiger charge is -2.10. The van der Waals surface area contributed by atoms with Crippen LogP contribution in [0.25, 0.3) is 0 Å². The van der Waals surface area contributed by atoms with Crippen molar-refractivity contribution in [2.45, 2.75) is 0 Å². The van der Waals surface area contributed by atoms with E-state index in [0.29, 0.717) is 10.0 Å². The van der Waals surface area contributed by atoms with Crippen molar-refractivity contribution >= 4 is 34.8 Å². The molecule has 0 bridgehead atoms. The number of nitrogen functional groups attached to an aromatic ring is 1. The fourth-order valence-electron chi connectivity index (χ4n) is 1.57. The summed E-state index contributed by atoms with van der Waals surface area (Å²) >= 11 is 11.6. The summed E-state index contributed by atoms with van der Waals surface area (Å²) in [5.74, 6) is -1.49. The molecule has 0 heterocycles. The van der Waals surface area contributed by atoms with E-state index in [1.165, 1.54) is 18.2 Å². The lowest BCUT2D eigenvalue weighted by molar-refractivity contribution is 0.100. The summed E-state index contributed by atoms with van der Waals surface area (Å²) in [5.41, 5.74) is 10.5. The standard InChI is InChI=1S/C13H9Cl2FN2O2/c14-6-1-7(15)3-8(2-6)20-12-4-9(13(18)19)11(17)5-10(12)16/h1-5H,17H2,(H2,18,19). The molecule has 20 heavy (non-hydrogen) atoms. The largest absolute Gasteiger partial charge is 0.454 e. The first-order valence-electron chi connectivity index (χ1n) is 5.39. The maximum absolute atomic E-state index is 13.8. The van der Waals surface area contributed by atoms with Gasteiger partial charge in [0.05, 0.1) is 5.56 Å². The van der Waals surface area contributed by atoms with Crippen molar-refractivity contribution < 1.29 is 13.9 Å². The van der Waals surface area contributed by atoms with Crippen LogP contribution < -0.4 is 16.2 Å². The van der Waals surface area contributed by atoms with Crippen LogP contribution in [0, 0.1) is 5.82 Å². The number of ether oxygens (including phenoxy) is 1. The zero-order valence-electron chi connectivity index (χ0n) is 9.99. The highest BCUT2D eigenvalue weighted by atomic mass is 35.5. The molecule has 4 N–H and O–H groups in total. The Morgan fingerprint density at radius 2 is 1.70 bits per heavy atom. The Morgan fingerprint density at radius 3 is 2.25 bits per heavy atom. The average Bonchev–Trinajstić information content (AvgIpc) is 2.30. The third-order valence-corrected chi connectivity index (χ3v) is 2.87. The van der Waals surface area contributed by atoms with E-state index < -0.39 is 11.7 Å². The maximum Gasteiger partial charge on any atom is 0.250 e. The summed E-state index contributed by atoms with van der Waals surface area (Å²) in [6.45, 7) is 0. The molecular formula is C13H9Cl2FN2O2. The van der Waals surface area contributed by atoms with Gasteiger partial charge in [0.1, 0.15) is 5.75 Å². The lowest BCUT2D eigenvalue weighted by atomic mass is 10.1. The molecule has 0 atom stereocenters. The highest BCUT2D eigenvalue weighted by Crippen LogP contribution is 2.31. The van der Waals surface area contributed by atoms with Gasteiger partial charge in [0.2, 0.25) is 0 Å². The number of carbonyl (C=O) groups excluding carboxylic acids is 1. The number of hydrogen-bond donors (Lipinski definition) is 2. The van der Waals surface area contributed by atoms with E-state index in [4.69, 9.17) is 39.4 Å². The highest BCUT2D eigenvalue weighted by molar-refractivity contribution is 6.34. The minimum atomic E-state index is -0.781. The smallest absolute Gasteiger partial charge is 0.250 e. The highest BCUT2D eigenvalue weighted by Gasteiger charge is 2.14. The summed E-state index contributed by atoms with van der Waals surface area (Å²) in [5, 5.41) is 0.664. The minimum absolute atomic E-state index is 0.0328. The van der Waals surface area contributed by atoms with Crippen LogP contribution in [-0.2, 0) is 0 Å². The number of hydrogen-bond acceptors (Lipinski definition) is 3. The van der Waals surface area contributed by atoms with Crippen molar-refractivity contribution in [1.82, 2.24) is 0 Å². The second-order valence-electron chi connectivity index (χ2n) is 3.94. The molecule has 0 saturated heterocycles. The van der Waals surface area contributed by atoms with Crippen LogP contribution in [0.1, 0.15) is 10.4 Å². The second kappa shape index (κ2) is 5.56. The quantitative estimate of drug-likeness (QED) is 0.849. The molecule has 7 heteroatoms. The van der Waals surface area contributed by atoms with E-state index in [2.05, 4.69) is 0 Å². The van der Waals surface area contributed by atoms with Gasteiger partial charge in [-0.25, -0.2) is 4.39 Å². The van der Waals surface area contributed by atoms with Crippen molar-refractivity contribution in [2.24, 2.45) is 5.73 Å². The van der Waals surface area contributed by atoms with E-state index in [0.717, 1.165) is 12.1 Å². The normalized spacial score (nSPS) is 10.3. The molecule has 0 aliphatic carbocycles. The first kappa shape index (κ1) is 14.4. The fourth-order valence-corrected chi connectivity index (χ4v) is 2.08. The van der Waals surface area contributed by atoms with Crippen molar-refractivity contribution in [3.05, 3.63) is 51.8 Å². The number of rotatable bonds is 3. The summed E-state index contributed by atoms with van der Waals surface area (Å²) in [4.78, 5) is 11.2. The first-order chi connectivity index (χ1) is 9.36. The van der Waals surface area contributed by atoms with Crippen molar-refractivity contribution in [3.63, 3.8) is 0 Å². The predicted molar refractivity (Wildman–Crippen MR) is 75.9 cm³/mol. The van der Waals surface area contributed by atoms with Crippen LogP contribution in [0.15, 0.2) is 30.3 Å². The Labute approximate surface area is 124 Å². The van der Waals surface area contributed by atoms with E-state index in [-0.39, 0.29) is 22.7 Å². The van der Waals surface area contributed by atoms with Crippen LogP contribution >= 0.6 is 23.2 Å². The maximum atomic E-state index is 13.8. The van der Waals surface area contributed by atoms with Crippen LogP contribution in [0.3, 0.4) is 0 Å². The summed E-state index contributed by atoms with van der Waals surface area (Å²) < 4.78 is 19.1. The molecule has 0 unspecified atom stereocenters. The molecule has 0 aromatic heterocycles. The Kier molecular flexibility index (Phi) is 4.01. The molecular weight excluding hydrogens is 306 g/mol. The monoisotopic (exact) mass is 314 g/mol. The second-order valence-corrected chi connectivity index (χ2v) is 4.81. The third-order valence-electron chi connectivity index (χ3n) is 2.43. The van der Waals surface area contributed by atoms with Gasteiger partial charge < -0.3 is 16.2 Å². The molecule has 0 radical (unpaired) electrons. The zero-order valence-corrected chi connectivity index (χ0v) is 11.5. The fraction of sp³-hybridized carbons (Fsp3) is 0. The SMILES string of the molecule is NC(=O)c1cc(Oc2cc(Cl)cc(Cl)c2)c(F)cc1N. The molecule has 1 amide bonds. The van der Waals surface area contributed by atoms with Crippen molar-refractivity contribution in [3.8, 4) is 11.5 Å². The third kappa shape index (κ3) is 3.12. The van der Waals surface area contributed by atoms with E-state index in [9.17, 15) is 9.18 Å². The number of benzene rings is 2. The number of halogens is 3. The van der Waals surface area contributed by atoms with E-state index in [1.54, 1.807) is 0 Å². The summed E-state index contributed by atoms with van der Waals surface area (Å²) in [7, 11) is 0. The van der Waals surface area contributed by atoms with Gasteiger partial charge in [-0.05, 0) is 24.3 Å². The number of anilines is 1. The van der Waals surface area contributed by atoms with Crippen LogP contribution in [0.2, 0.25) is 10.0 Å². The molecule has 4 nitrogen and oxygen atoms in total. The van der Waals surface area contributed by atoms with Gasteiger partial charge >= 0.3 is 0 Å². The van der Waals surface area contributed by atoms with Gasteiger partial charge in [-0.2, -0.15) is 0 Å². The van der Waals surface area contributed by atoms with Gasteiger partial charge in [0.15, 0.2) is 11.6 Å². The first-order valence-corrected chi connectivity index (χ1v) is 6.15. The number of nitrogens with two attached hydrogens (primary N) is 2. The summed E-state index contributed by atoms with van der Waals surface area (Å²) in [6, 6.07) is 6.49. The number of carbonyl (C=O) groups is 1. The minimum Gasteiger partial charge on any atom is -0.454 e. The van der Waals surface area contributed by atoms with Crippen molar-refractivity contribution in [1.29, 1.82) is 0 Å². The zero-order chi connectivity index (χ0) is 14.9. The predicted octanol–water partition coefficient (Wildman–Crippen LogP) is 3.61. The van der Waals surface area contributed by atoms with Crippen LogP contribution in [0.5, 0.6) is 11.5 Å². The molecule has 2 aromatic rings.